The molecule has 0 saturated heterocycles. The van der Waals surface area contributed by atoms with Crippen molar-refractivity contribution in [2.24, 2.45) is 5.10 Å². The van der Waals surface area contributed by atoms with Gasteiger partial charge in [0.15, 0.2) is 5.82 Å². The molecule has 8 nitrogen and oxygen atoms in total. The Kier molecular flexibility index (Phi) is 4.20. The molecule has 2 N–H and O–H groups in total. The van der Waals surface area contributed by atoms with Crippen molar-refractivity contribution in [3.63, 3.8) is 0 Å². The van der Waals surface area contributed by atoms with E-state index in [-0.39, 0.29) is 6.04 Å². The number of nitrogens with one attached hydrogen (secondary N) is 2. The van der Waals surface area contributed by atoms with E-state index in [1.807, 2.05) is 37.5 Å². The molecule has 8 heteroatoms. The Morgan fingerprint density at radius 2 is 2.04 bits per heavy atom. The van der Waals surface area contributed by atoms with Gasteiger partial charge in [-0.05, 0) is 39.7 Å². The van der Waals surface area contributed by atoms with E-state index in [2.05, 4.69) is 21.0 Å². The molecule has 2 aromatic rings. The molecule has 2 amide bonds. The Hall–Kier alpha value is -2.90. The minimum absolute atomic E-state index is 0.136. The number of rotatable bonds is 4. The summed E-state index contributed by atoms with van der Waals surface area (Å²) in [7, 11) is 0. The van der Waals surface area contributed by atoms with Gasteiger partial charge in [-0.3, -0.25) is 14.2 Å². The van der Waals surface area contributed by atoms with Crippen LogP contribution in [0.2, 0.25) is 0 Å². The van der Waals surface area contributed by atoms with E-state index in [4.69, 9.17) is 4.52 Å². The number of carbonyl (C=O) groups excluding carboxylic acids is 2. The summed E-state index contributed by atoms with van der Waals surface area (Å²) < 4.78 is 7.04. The van der Waals surface area contributed by atoms with E-state index >= 15 is 0 Å². The lowest BCUT2D eigenvalue weighted by Gasteiger charge is -2.04. The van der Waals surface area contributed by atoms with Crippen LogP contribution < -0.4 is 10.7 Å². The molecule has 0 unspecified atom stereocenters. The molecular weight excluding hydrogens is 310 g/mol. The molecule has 1 aliphatic rings. The molecule has 0 bridgehead atoms. The summed E-state index contributed by atoms with van der Waals surface area (Å²) in [4.78, 5) is 23.1. The minimum atomic E-state index is -0.765. The van der Waals surface area contributed by atoms with Crippen LogP contribution in [-0.2, 0) is 9.59 Å². The molecule has 0 aromatic carbocycles. The zero-order chi connectivity index (χ0) is 17.3. The van der Waals surface area contributed by atoms with Crippen LogP contribution in [0.4, 0.5) is 0 Å². The van der Waals surface area contributed by atoms with Crippen molar-refractivity contribution in [2.45, 2.75) is 39.7 Å². The van der Waals surface area contributed by atoms with Crippen LogP contribution in [0.25, 0.3) is 5.82 Å². The number of amides is 2. The average Bonchev–Trinajstić information content (AvgIpc) is 3.18. The molecule has 0 spiro atoms. The molecule has 3 rings (SSSR count). The molecule has 2 aromatic heterocycles. The number of hydrazone groups is 1. The Morgan fingerprint density at radius 1 is 1.29 bits per heavy atom. The maximum Gasteiger partial charge on any atom is 0.329 e. The van der Waals surface area contributed by atoms with Gasteiger partial charge in [-0.2, -0.15) is 5.10 Å². The Balaban J connectivity index is 1.69. The van der Waals surface area contributed by atoms with Crippen molar-refractivity contribution in [1.82, 2.24) is 20.5 Å². The predicted molar refractivity (Wildman–Crippen MR) is 86.9 cm³/mol. The zero-order valence-electron chi connectivity index (χ0n) is 13.8. The number of hydrogen-bond donors (Lipinski definition) is 2. The predicted octanol–water partition coefficient (Wildman–Crippen LogP) is 1.12. The molecule has 1 fully saturated rings. The summed E-state index contributed by atoms with van der Waals surface area (Å²) in [6, 6.07) is 3.89. The van der Waals surface area contributed by atoms with Crippen LogP contribution in [0.3, 0.4) is 0 Å². The van der Waals surface area contributed by atoms with Crippen LogP contribution in [0, 0.1) is 20.8 Å². The van der Waals surface area contributed by atoms with E-state index in [9.17, 15) is 9.59 Å². The molecule has 0 radical (unpaired) electrons. The summed E-state index contributed by atoms with van der Waals surface area (Å²) >= 11 is 0. The van der Waals surface area contributed by atoms with Crippen LogP contribution in [0.15, 0.2) is 21.8 Å². The average molecular weight is 329 g/mol. The van der Waals surface area contributed by atoms with Crippen molar-refractivity contribution in [3.8, 4) is 5.82 Å². The van der Waals surface area contributed by atoms with Gasteiger partial charge in [0.1, 0.15) is 5.76 Å². The second-order valence-electron chi connectivity index (χ2n) is 5.90. The highest BCUT2D eigenvalue weighted by Crippen LogP contribution is 2.19. The Labute approximate surface area is 138 Å². The molecule has 1 saturated carbocycles. The van der Waals surface area contributed by atoms with Gasteiger partial charge in [0.25, 0.3) is 0 Å². The number of aromatic nitrogens is 2. The molecular formula is C16H19N5O3. The Morgan fingerprint density at radius 3 is 2.67 bits per heavy atom. The third-order valence-corrected chi connectivity index (χ3v) is 3.80. The quantitative estimate of drug-likeness (QED) is 0.498. The summed E-state index contributed by atoms with van der Waals surface area (Å²) in [5, 5.41) is 10.5. The summed E-state index contributed by atoms with van der Waals surface area (Å²) in [6.45, 7) is 5.69. The van der Waals surface area contributed by atoms with Crippen LogP contribution in [0.5, 0.6) is 0 Å². The largest absolute Gasteiger partial charge is 0.360 e. The molecule has 1 aliphatic carbocycles. The summed E-state index contributed by atoms with van der Waals surface area (Å²) in [5.41, 5.74) is 4.92. The minimum Gasteiger partial charge on any atom is -0.360 e. The van der Waals surface area contributed by atoms with E-state index in [0.29, 0.717) is 5.82 Å². The first-order chi connectivity index (χ1) is 11.5. The van der Waals surface area contributed by atoms with Gasteiger partial charge in [-0.25, -0.2) is 5.43 Å². The normalized spacial score (nSPS) is 14.1. The SMILES string of the molecule is Cc1cc(-n2c(C)cc(/C=N\NC(=O)C(=O)NC3CC3)c2C)no1. The first kappa shape index (κ1) is 16.0. The summed E-state index contributed by atoms with van der Waals surface area (Å²) in [5.74, 6) is -0.00562. The van der Waals surface area contributed by atoms with Crippen LogP contribution in [-0.4, -0.2) is 33.8 Å². The van der Waals surface area contributed by atoms with Crippen molar-refractivity contribution >= 4 is 18.0 Å². The van der Waals surface area contributed by atoms with Gasteiger partial charge in [-0.15, -0.1) is 0 Å². The lowest BCUT2D eigenvalue weighted by Crippen LogP contribution is -2.38. The molecule has 126 valence electrons. The lowest BCUT2D eigenvalue weighted by atomic mass is 10.3. The number of aryl methyl sites for hydroxylation is 2. The fourth-order valence-corrected chi connectivity index (χ4v) is 2.42. The molecule has 0 aliphatic heterocycles. The van der Waals surface area contributed by atoms with E-state index in [0.717, 1.165) is 35.6 Å². The third-order valence-electron chi connectivity index (χ3n) is 3.80. The van der Waals surface area contributed by atoms with Gasteiger partial charge in [-0.1, -0.05) is 5.16 Å². The first-order valence-electron chi connectivity index (χ1n) is 7.72. The summed E-state index contributed by atoms with van der Waals surface area (Å²) in [6.07, 6.45) is 3.36. The van der Waals surface area contributed by atoms with Gasteiger partial charge in [0.05, 0.1) is 6.21 Å². The number of nitrogens with zero attached hydrogens (tertiary/aromatic N) is 3. The van der Waals surface area contributed by atoms with Crippen LogP contribution >= 0.6 is 0 Å². The van der Waals surface area contributed by atoms with Crippen LogP contribution in [0.1, 0.15) is 35.6 Å². The maximum absolute atomic E-state index is 11.6. The maximum atomic E-state index is 11.6. The monoisotopic (exact) mass is 329 g/mol. The first-order valence-corrected chi connectivity index (χ1v) is 7.72. The standard InChI is InChI=1S/C16H19N5O3/c1-9-6-12(11(3)21(9)14-7-10(2)24-20-14)8-17-19-16(23)15(22)18-13-4-5-13/h6-8,13H,4-5H2,1-3H3,(H,18,22)(H,19,23)/b17-8-. The highest BCUT2D eigenvalue weighted by atomic mass is 16.5. The van der Waals surface area contributed by atoms with Gasteiger partial charge in [0.2, 0.25) is 0 Å². The van der Waals surface area contributed by atoms with Gasteiger partial charge in [0, 0.05) is 29.1 Å². The topological polar surface area (TPSA) is 102 Å². The number of carbonyl (C=O) groups is 2. The second kappa shape index (κ2) is 6.31. The fourth-order valence-electron chi connectivity index (χ4n) is 2.42. The van der Waals surface area contributed by atoms with E-state index < -0.39 is 11.8 Å². The molecule has 0 atom stereocenters. The Bertz CT molecular complexity index is 814. The van der Waals surface area contributed by atoms with Crippen molar-refractivity contribution < 1.29 is 14.1 Å². The third kappa shape index (κ3) is 3.37. The second-order valence-corrected chi connectivity index (χ2v) is 5.90. The van der Waals surface area contributed by atoms with E-state index in [1.165, 1.54) is 6.21 Å². The zero-order valence-corrected chi connectivity index (χ0v) is 13.8. The highest BCUT2D eigenvalue weighted by molar-refractivity contribution is 6.35. The van der Waals surface area contributed by atoms with Crippen molar-refractivity contribution in [3.05, 3.63) is 34.8 Å². The van der Waals surface area contributed by atoms with Crippen molar-refractivity contribution in [1.29, 1.82) is 0 Å². The molecule has 2 heterocycles. The van der Waals surface area contributed by atoms with E-state index in [1.54, 1.807) is 0 Å². The van der Waals surface area contributed by atoms with Gasteiger partial charge >= 0.3 is 11.8 Å². The lowest BCUT2D eigenvalue weighted by molar-refractivity contribution is -0.139. The highest BCUT2D eigenvalue weighted by Gasteiger charge is 2.26. The number of hydrogen-bond acceptors (Lipinski definition) is 5. The smallest absolute Gasteiger partial charge is 0.329 e. The van der Waals surface area contributed by atoms with Gasteiger partial charge < -0.3 is 9.84 Å². The molecule has 24 heavy (non-hydrogen) atoms. The fraction of sp³-hybridized carbons (Fsp3) is 0.375. The van der Waals surface area contributed by atoms with Crippen molar-refractivity contribution in [2.75, 3.05) is 0 Å².